The molecule has 0 saturated heterocycles. The third-order valence-corrected chi connectivity index (χ3v) is 3.46. The number of rotatable bonds is 5. The minimum Gasteiger partial charge on any atom is -0.339 e. The van der Waals surface area contributed by atoms with E-state index in [9.17, 15) is 0 Å². The van der Waals surface area contributed by atoms with Crippen LogP contribution >= 0.6 is 0 Å². The Balaban J connectivity index is 2.35. The highest BCUT2D eigenvalue weighted by atomic mass is 15.3. The molecule has 17 heavy (non-hydrogen) atoms. The van der Waals surface area contributed by atoms with Crippen LogP contribution in [0.25, 0.3) is 11.2 Å². The molecule has 0 radical (unpaired) electrons. The standard InChI is InChI=1S/C13H22N4/c1-5-7-10(4)17-13-11(8-14-17)15-12(16-13)9(3)6-2/h8-10H,5-7H2,1-4H3,(H,15,16)/t9-,10+/m0/s1. The molecule has 2 aromatic heterocycles. The van der Waals surface area contributed by atoms with Crippen LogP contribution < -0.4 is 0 Å². The lowest BCUT2D eigenvalue weighted by atomic mass is 10.1. The van der Waals surface area contributed by atoms with E-state index in [0.717, 1.165) is 29.8 Å². The number of H-pyrrole nitrogens is 1. The van der Waals surface area contributed by atoms with E-state index >= 15 is 0 Å². The van der Waals surface area contributed by atoms with Gasteiger partial charge in [-0.3, -0.25) is 0 Å². The third kappa shape index (κ3) is 2.21. The van der Waals surface area contributed by atoms with Crippen molar-refractivity contribution in [2.45, 2.75) is 58.9 Å². The summed E-state index contributed by atoms with van der Waals surface area (Å²) in [6, 6.07) is 0.422. The Kier molecular flexibility index (Phi) is 3.50. The minimum absolute atomic E-state index is 0.422. The number of nitrogens with one attached hydrogen (secondary N) is 1. The minimum atomic E-state index is 0.422. The van der Waals surface area contributed by atoms with Gasteiger partial charge < -0.3 is 4.98 Å². The SMILES string of the molecule is CCC[C@@H](C)n1ncc2[nH]c([C@@H](C)CC)nc21. The van der Waals surface area contributed by atoms with Crippen LogP contribution in [0.3, 0.4) is 0 Å². The van der Waals surface area contributed by atoms with E-state index in [-0.39, 0.29) is 0 Å². The zero-order valence-corrected chi connectivity index (χ0v) is 11.2. The quantitative estimate of drug-likeness (QED) is 0.858. The molecule has 2 atom stereocenters. The first kappa shape index (κ1) is 12.1. The molecule has 0 spiro atoms. The molecule has 0 aliphatic carbocycles. The van der Waals surface area contributed by atoms with Gasteiger partial charge in [0.15, 0.2) is 5.65 Å². The monoisotopic (exact) mass is 234 g/mol. The molecule has 94 valence electrons. The fraction of sp³-hybridized carbons (Fsp3) is 0.692. The lowest BCUT2D eigenvalue weighted by Gasteiger charge is -2.10. The van der Waals surface area contributed by atoms with Gasteiger partial charge in [-0.25, -0.2) is 9.67 Å². The average Bonchev–Trinajstić information content (AvgIpc) is 2.87. The molecule has 0 unspecified atom stereocenters. The van der Waals surface area contributed by atoms with Crippen molar-refractivity contribution in [2.75, 3.05) is 0 Å². The van der Waals surface area contributed by atoms with Gasteiger partial charge in [-0.2, -0.15) is 5.10 Å². The van der Waals surface area contributed by atoms with E-state index in [2.05, 4.69) is 37.8 Å². The molecule has 2 rings (SSSR count). The van der Waals surface area contributed by atoms with Crippen LogP contribution in [0.1, 0.15) is 64.7 Å². The molecule has 0 amide bonds. The molecule has 1 N–H and O–H groups in total. The van der Waals surface area contributed by atoms with Crippen LogP contribution in [0.5, 0.6) is 0 Å². The molecule has 4 heteroatoms. The fourth-order valence-corrected chi connectivity index (χ4v) is 2.12. The van der Waals surface area contributed by atoms with E-state index in [1.807, 2.05) is 10.9 Å². The Morgan fingerprint density at radius 1 is 1.35 bits per heavy atom. The summed E-state index contributed by atoms with van der Waals surface area (Å²) in [6.45, 7) is 8.79. The predicted octanol–water partition coefficient (Wildman–Crippen LogP) is 3.63. The predicted molar refractivity (Wildman–Crippen MR) is 70.2 cm³/mol. The van der Waals surface area contributed by atoms with Crippen LogP contribution in [0.15, 0.2) is 6.20 Å². The Morgan fingerprint density at radius 3 is 2.76 bits per heavy atom. The lowest BCUT2D eigenvalue weighted by molar-refractivity contribution is 0.465. The normalized spacial score (nSPS) is 15.3. The Morgan fingerprint density at radius 2 is 2.12 bits per heavy atom. The highest BCUT2D eigenvalue weighted by Gasteiger charge is 2.15. The molecule has 0 aliphatic rings. The maximum atomic E-state index is 4.69. The summed E-state index contributed by atoms with van der Waals surface area (Å²) < 4.78 is 2.04. The van der Waals surface area contributed by atoms with Crippen LogP contribution in [-0.2, 0) is 0 Å². The summed E-state index contributed by atoms with van der Waals surface area (Å²) in [7, 11) is 0. The highest BCUT2D eigenvalue weighted by Crippen LogP contribution is 2.22. The zero-order chi connectivity index (χ0) is 12.4. The summed E-state index contributed by atoms with van der Waals surface area (Å²) in [4.78, 5) is 8.06. The van der Waals surface area contributed by atoms with Crippen molar-refractivity contribution in [3.05, 3.63) is 12.0 Å². The number of imidazole rings is 1. The van der Waals surface area contributed by atoms with Crippen LogP contribution in [0.4, 0.5) is 0 Å². The van der Waals surface area contributed by atoms with Gasteiger partial charge in [0.2, 0.25) is 0 Å². The highest BCUT2D eigenvalue weighted by molar-refractivity contribution is 5.70. The van der Waals surface area contributed by atoms with E-state index in [4.69, 9.17) is 4.98 Å². The van der Waals surface area contributed by atoms with E-state index < -0.39 is 0 Å². The summed E-state index contributed by atoms with van der Waals surface area (Å²) in [6.07, 6.45) is 5.31. The molecule has 0 fully saturated rings. The van der Waals surface area contributed by atoms with Gasteiger partial charge in [0.05, 0.1) is 12.2 Å². The van der Waals surface area contributed by atoms with Gasteiger partial charge in [0.1, 0.15) is 11.3 Å². The van der Waals surface area contributed by atoms with Gasteiger partial charge in [-0.1, -0.05) is 27.2 Å². The first-order chi connectivity index (χ1) is 8.17. The molecule has 0 aliphatic heterocycles. The molecule has 2 heterocycles. The third-order valence-electron chi connectivity index (χ3n) is 3.46. The molecular weight excluding hydrogens is 212 g/mol. The van der Waals surface area contributed by atoms with Gasteiger partial charge in [-0.15, -0.1) is 0 Å². The summed E-state index contributed by atoms with van der Waals surface area (Å²) in [5.74, 6) is 1.56. The van der Waals surface area contributed by atoms with Gasteiger partial charge in [0, 0.05) is 5.92 Å². The molecule has 4 nitrogen and oxygen atoms in total. The number of aromatic nitrogens is 4. The second-order valence-corrected chi connectivity index (χ2v) is 4.90. The topological polar surface area (TPSA) is 46.5 Å². The number of aromatic amines is 1. The van der Waals surface area contributed by atoms with E-state index in [1.54, 1.807) is 0 Å². The van der Waals surface area contributed by atoms with Crippen molar-refractivity contribution in [2.24, 2.45) is 0 Å². The summed E-state index contributed by atoms with van der Waals surface area (Å²) in [5.41, 5.74) is 2.06. The first-order valence-electron chi connectivity index (χ1n) is 6.60. The molecule has 0 saturated carbocycles. The van der Waals surface area contributed by atoms with Crippen LogP contribution in [-0.4, -0.2) is 19.7 Å². The molecule has 2 aromatic rings. The molecule has 0 aromatic carbocycles. The largest absolute Gasteiger partial charge is 0.339 e. The van der Waals surface area contributed by atoms with Crippen molar-refractivity contribution >= 4 is 11.2 Å². The number of fused-ring (bicyclic) bond motifs is 1. The van der Waals surface area contributed by atoms with Crippen molar-refractivity contribution in [3.8, 4) is 0 Å². The summed E-state index contributed by atoms with van der Waals surface area (Å²) in [5, 5.41) is 4.42. The van der Waals surface area contributed by atoms with Crippen molar-refractivity contribution in [1.29, 1.82) is 0 Å². The maximum Gasteiger partial charge on any atom is 0.176 e. The lowest BCUT2D eigenvalue weighted by Crippen LogP contribution is -2.07. The van der Waals surface area contributed by atoms with E-state index in [0.29, 0.717) is 12.0 Å². The van der Waals surface area contributed by atoms with Gasteiger partial charge in [-0.05, 0) is 19.8 Å². The van der Waals surface area contributed by atoms with Gasteiger partial charge >= 0.3 is 0 Å². The summed E-state index contributed by atoms with van der Waals surface area (Å²) >= 11 is 0. The molecular formula is C13H22N4. The number of hydrogen-bond acceptors (Lipinski definition) is 2. The number of nitrogens with zero attached hydrogens (tertiary/aromatic N) is 3. The van der Waals surface area contributed by atoms with Crippen molar-refractivity contribution in [1.82, 2.24) is 19.7 Å². The van der Waals surface area contributed by atoms with Crippen LogP contribution in [0, 0.1) is 0 Å². The maximum absolute atomic E-state index is 4.69. The van der Waals surface area contributed by atoms with E-state index in [1.165, 1.54) is 6.42 Å². The zero-order valence-electron chi connectivity index (χ0n) is 11.2. The Labute approximate surface area is 102 Å². The Bertz CT molecular complexity index is 483. The molecule has 0 bridgehead atoms. The Hall–Kier alpha value is -1.32. The van der Waals surface area contributed by atoms with Crippen LogP contribution in [0.2, 0.25) is 0 Å². The van der Waals surface area contributed by atoms with Crippen molar-refractivity contribution < 1.29 is 0 Å². The average molecular weight is 234 g/mol. The van der Waals surface area contributed by atoms with Crippen molar-refractivity contribution in [3.63, 3.8) is 0 Å². The fourth-order valence-electron chi connectivity index (χ4n) is 2.12. The second-order valence-electron chi connectivity index (χ2n) is 4.90. The number of hydrogen-bond donors (Lipinski definition) is 1. The first-order valence-corrected chi connectivity index (χ1v) is 6.60. The van der Waals surface area contributed by atoms with Gasteiger partial charge in [0.25, 0.3) is 0 Å². The smallest absolute Gasteiger partial charge is 0.176 e. The second kappa shape index (κ2) is 4.90.